The number of nitrogen functional groups attached to an aromatic ring is 1. The number of aromatic amines is 1. The maximum Gasteiger partial charge on any atom is 0.272 e. The SMILES string of the molecule is Nc1cc(C(=O)N(CCO)CC(F)F)[nH]n1. The highest BCUT2D eigenvalue weighted by molar-refractivity contribution is 5.93. The second-order valence-corrected chi connectivity index (χ2v) is 3.07. The summed E-state index contributed by atoms with van der Waals surface area (Å²) < 4.78 is 24.3. The van der Waals surface area contributed by atoms with Gasteiger partial charge in [0.05, 0.1) is 13.2 Å². The third kappa shape index (κ3) is 3.16. The zero-order chi connectivity index (χ0) is 12.1. The molecule has 0 aliphatic rings. The highest BCUT2D eigenvalue weighted by Gasteiger charge is 2.20. The highest BCUT2D eigenvalue weighted by atomic mass is 19.3. The lowest BCUT2D eigenvalue weighted by atomic mass is 10.3. The van der Waals surface area contributed by atoms with Gasteiger partial charge in [0.15, 0.2) is 0 Å². The molecule has 0 bridgehead atoms. The Hall–Kier alpha value is -1.70. The summed E-state index contributed by atoms with van der Waals surface area (Å²) in [5.74, 6) is -0.567. The van der Waals surface area contributed by atoms with Crippen molar-refractivity contribution in [1.82, 2.24) is 15.1 Å². The number of carbonyl (C=O) groups is 1. The average Bonchev–Trinajstić information content (AvgIpc) is 2.62. The summed E-state index contributed by atoms with van der Waals surface area (Å²) in [5.41, 5.74) is 5.30. The first-order valence-electron chi connectivity index (χ1n) is 4.53. The van der Waals surface area contributed by atoms with Gasteiger partial charge in [0.2, 0.25) is 0 Å². The van der Waals surface area contributed by atoms with E-state index in [4.69, 9.17) is 10.8 Å². The van der Waals surface area contributed by atoms with Crippen LogP contribution in [0.3, 0.4) is 0 Å². The summed E-state index contributed by atoms with van der Waals surface area (Å²) in [6.07, 6.45) is -2.66. The molecule has 0 aliphatic heterocycles. The number of nitrogens with one attached hydrogen (secondary N) is 1. The molecule has 1 aromatic rings. The maximum atomic E-state index is 12.2. The topological polar surface area (TPSA) is 95.2 Å². The summed E-state index contributed by atoms with van der Waals surface area (Å²) in [7, 11) is 0. The van der Waals surface area contributed by atoms with E-state index in [1.165, 1.54) is 6.07 Å². The summed E-state index contributed by atoms with van der Waals surface area (Å²) in [5, 5.41) is 14.5. The van der Waals surface area contributed by atoms with Crippen molar-refractivity contribution in [3.63, 3.8) is 0 Å². The summed E-state index contributed by atoms with van der Waals surface area (Å²) in [4.78, 5) is 12.5. The molecule has 1 amide bonds. The van der Waals surface area contributed by atoms with Crippen LogP contribution in [-0.4, -0.2) is 52.2 Å². The monoisotopic (exact) mass is 234 g/mol. The summed E-state index contributed by atoms with van der Waals surface area (Å²) in [6, 6.07) is 1.25. The first-order chi connectivity index (χ1) is 7.54. The zero-order valence-corrected chi connectivity index (χ0v) is 8.36. The zero-order valence-electron chi connectivity index (χ0n) is 8.36. The minimum Gasteiger partial charge on any atom is -0.395 e. The minimum absolute atomic E-state index is 0.0200. The number of aromatic nitrogens is 2. The second kappa shape index (κ2) is 5.40. The predicted octanol–water partition coefficient (Wildman–Crippen LogP) is -0.309. The number of aliphatic hydroxyl groups excluding tert-OH is 1. The van der Waals surface area contributed by atoms with Crippen LogP contribution in [0.4, 0.5) is 14.6 Å². The van der Waals surface area contributed by atoms with Crippen molar-refractivity contribution in [2.45, 2.75) is 6.43 Å². The van der Waals surface area contributed by atoms with Gasteiger partial charge in [-0.05, 0) is 0 Å². The molecule has 0 spiro atoms. The van der Waals surface area contributed by atoms with Crippen LogP contribution in [0.15, 0.2) is 6.07 Å². The molecule has 0 saturated heterocycles. The quantitative estimate of drug-likeness (QED) is 0.651. The standard InChI is InChI=1S/C8H12F2N4O2/c9-6(10)4-14(1-2-15)8(16)5-3-7(11)13-12-5/h3,6,15H,1-2,4H2,(H3,11,12,13). The van der Waals surface area contributed by atoms with E-state index >= 15 is 0 Å². The van der Waals surface area contributed by atoms with Crippen molar-refractivity contribution < 1.29 is 18.7 Å². The van der Waals surface area contributed by atoms with Gasteiger partial charge in [-0.3, -0.25) is 9.89 Å². The number of amides is 1. The van der Waals surface area contributed by atoms with E-state index in [-0.39, 0.29) is 24.7 Å². The molecular weight excluding hydrogens is 222 g/mol. The van der Waals surface area contributed by atoms with Gasteiger partial charge >= 0.3 is 0 Å². The largest absolute Gasteiger partial charge is 0.395 e. The fourth-order valence-corrected chi connectivity index (χ4v) is 1.18. The number of H-pyrrole nitrogens is 1. The third-order valence-corrected chi connectivity index (χ3v) is 1.84. The number of nitrogens with two attached hydrogens (primary N) is 1. The van der Waals surface area contributed by atoms with Crippen molar-refractivity contribution in [1.29, 1.82) is 0 Å². The van der Waals surface area contributed by atoms with Crippen LogP contribution in [-0.2, 0) is 0 Å². The van der Waals surface area contributed by atoms with Crippen LogP contribution in [0.25, 0.3) is 0 Å². The molecule has 0 aromatic carbocycles. The van der Waals surface area contributed by atoms with Crippen LogP contribution < -0.4 is 5.73 Å². The Labute approximate surface area is 90.0 Å². The van der Waals surface area contributed by atoms with Crippen molar-refractivity contribution in [3.8, 4) is 0 Å². The van der Waals surface area contributed by atoms with Crippen LogP contribution in [0.5, 0.6) is 0 Å². The van der Waals surface area contributed by atoms with E-state index < -0.39 is 18.9 Å². The van der Waals surface area contributed by atoms with Gasteiger partial charge in [-0.25, -0.2) is 8.78 Å². The fourth-order valence-electron chi connectivity index (χ4n) is 1.18. The molecule has 8 heteroatoms. The van der Waals surface area contributed by atoms with Crippen molar-refractivity contribution in [2.24, 2.45) is 0 Å². The van der Waals surface area contributed by atoms with Gasteiger partial charge in [-0.1, -0.05) is 0 Å². The van der Waals surface area contributed by atoms with E-state index in [0.717, 1.165) is 4.90 Å². The molecule has 1 aromatic heterocycles. The number of nitrogens with zero attached hydrogens (tertiary/aromatic N) is 2. The first-order valence-corrected chi connectivity index (χ1v) is 4.53. The average molecular weight is 234 g/mol. The van der Waals surface area contributed by atoms with Gasteiger partial charge in [-0.15, -0.1) is 0 Å². The lowest BCUT2D eigenvalue weighted by Gasteiger charge is -2.20. The van der Waals surface area contributed by atoms with Crippen LogP contribution in [0.1, 0.15) is 10.5 Å². The Morgan fingerprint density at radius 1 is 1.69 bits per heavy atom. The Balaban J connectivity index is 2.74. The summed E-state index contributed by atoms with van der Waals surface area (Å²) >= 11 is 0. The van der Waals surface area contributed by atoms with Crippen molar-refractivity contribution >= 4 is 11.7 Å². The Morgan fingerprint density at radius 3 is 2.81 bits per heavy atom. The number of hydrogen-bond donors (Lipinski definition) is 3. The first kappa shape index (κ1) is 12.4. The summed E-state index contributed by atoms with van der Waals surface area (Å²) in [6.45, 7) is -1.29. The van der Waals surface area contributed by atoms with Crippen LogP contribution >= 0.6 is 0 Å². The third-order valence-electron chi connectivity index (χ3n) is 1.84. The number of rotatable bonds is 5. The molecule has 1 heterocycles. The van der Waals surface area contributed by atoms with Crippen LogP contribution in [0.2, 0.25) is 0 Å². The van der Waals surface area contributed by atoms with E-state index in [0.29, 0.717) is 0 Å². The second-order valence-electron chi connectivity index (χ2n) is 3.07. The number of halogens is 2. The molecule has 1 rings (SSSR count). The Morgan fingerprint density at radius 2 is 2.38 bits per heavy atom. The molecular formula is C8H12F2N4O2. The molecule has 0 aliphatic carbocycles. The van der Waals surface area contributed by atoms with Gasteiger partial charge < -0.3 is 15.7 Å². The van der Waals surface area contributed by atoms with Crippen molar-refractivity contribution in [3.05, 3.63) is 11.8 Å². The van der Waals surface area contributed by atoms with E-state index in [9.17, 15) is 13.6 Å². The van der Waals surface area contributed by atoms with Gasteiger partial charge in [0, 0.05) is 12.6 Å². The molecule has 0 fully saturated rings. The molecule has 90 valence electrons. The number of carbonyl (C=O) groups excluding carboxylic acids is 1. The Kier molecular flexibility index (Phi) is 4.18. The highest BCUT2D eigenvalue weighted by Crippen LogP contribution is 2.07. The molecule has 0 atom stereocenters. The number of hydrogen-bond acceptors (Lipinski definition) is 4. The molecule has 4 N–H and O–H groups in total. The number of alkyl halides is 2. The van der Waals surface area contributed by atoms with Crippen molar-refractivity contribution in [2.75, 3.05) is 25.4 Å². The lowest BCUT2D eigenvalue weighted by molar-refractivity contribution is 0.0504. The molecule has 16 heavy (non-hydrogen) atoms. The maximum absolute atomic E-state index is 12.2. The van der Waals surface area contributed by atoms with E-state index in [1.807, 2.05) is 0 Å². The van der Waals surface area contributed by atoms with E-state index in [1.54, 1.807) is 0 Å². The lowest BCUT2D eigenvalue weighted by Crippen LogP contribution is -2.37. The van der Waals surface area contributed by atoms with E-state index in [2.05, 4.69) is 10.2 Å². The van der Waals surface area contributed by atoms with Gasteiger partial charge in [-0.2, -0.15) is 5.10 Å². The van der Waals surface area contributed by atoms with Gasteiger partial charge in [0.25, 0.3) is 12.3 Å². The fraction of sp³-hybridized carbons (Fsp3) is 0.500. The van der Waals surface area contributed by atoms with Crippen LogP contribution in [0, 0.1) is 0 Å². The number of aliphatic hydroxyl groups is 1. The molecule has 0 radical (unpaired) electrons. The predicted molar refractivity (Wildman–Crippen MR) is 52.0 cm³/mol. The molecule has 6 nitrogen and oxygen atoms in total. The van der Waals surface area contributed by atoms with Gasteiger partial charge in [0.1, 0.15) is 11.5 Å². The Bertz CT molecular complexity index is 356. The smallest absolute Gasteiger partial charge is 0.272 e. The normalized spacial score (nSPS) is 10.8. The molecule has 0 saturated carbocycles. The molecule has 0 unspecified atom stereocenters. The minimum atomic E-state index is -2.66. The number of anilines is 1.